The molecule has 7 heteroatoms. The van der Waals surface area contributed by atoms with Gasteiger partial charge in [0.15, 0.2) is 5.96 Å². The van der Waals surface area contributed by atoms with Gasteiger partial charge < -0.3 is 10.6 Å². The van der Waals surface area contributed by atoms with Crippen LogP contribution in [0.4, 0.5) is 0 Å². The maximum Gasteiger partial charge on any atom is 0.191 e. The molecule has 1 aliphatic carbocycles. The number of thiazole rings is 1. The topological polar surface area (TPSA) is 66.4 Å². The van der Waals surface area contributed by atoms with Crippen LogP contribution < -0.4 is 10.6 Å². The first-order valence-corrected chi connectivity index (χ1v) is 11.1. The molecule has 1 fully saturated rings. The molecule has 24 heavy (non-hydrogen) atoms. The Morgan fingerprint density at radius 3 is 2.79 bits per heavy atom. The van der Waals surface area contributed by atoms with Crippen LogP contribution in [0.5, 0.6) is 0 Å². The van der Waals surface area contributed by atoms with E-state index in [2.05, 4.69) is 22.5 Å². The lowest BCUT2D eigenvalue weighted by molar-refractivity contribution is 0.413. The molecule has 3 atom stereocenters. The summed E-state index contributed by atoms with van der Waals surface area (Å²) in [6.07, 6.45) is 4.33. The molecule has 1 aromatic rings. The normalized spacial score (nSPS) is 23.1. The summed E-state index contributed by atoms with van der Waals surface area (Å²) in [4.78, 5) is 10.4. The van der Waals surface area contributed by atoms with Crippen LogP contribution in [0.25, 0.3) is 0 Å². The van der Waals surface area contributed by atoms with E-state index in [1.54, 1.807) is 11.3 Å². The first kappa shape index (κ1) is 19.4. The largest absolute Gasteiger partial charge is 0.357 e. The Balaban J connectivity index is 1.98. The number of rotatable bonds is 6. The van der Waals surface area contributed by atoms with Crippen molar-refractivity contribution in [2.45, 2.75) is 71.2 Å². The Bertz CT molecular complexity index is 585. The van der Waals surface area contributed by atoms with Gasteiger partial charge in [0, 0.05) is 39.3 Å². The lowest BCUT2D eigenvalue weighted by atomic mass is 9.95. The predicted molar refractivity (Wildman–Crippen MR) is 104 cm³/mol. The summed E-state index contributed by atoms with van der Waals surface area (Å²) < 4.78 is 12.1. The molecule has 0 aliphatic heterocycles. The molecule has 1 aliphatic rings. The number of nitrogens with one attached hydrogen (secondary N) is 2. The van der Waals surface area contributed by atoms with Crippen LogP contribution in [0.15, 0.2) is 4.99 Å². The van der Waals surface area contributed by atoms with Gasteiger partial charge in [0.25, 0.3) is 0 Å². The maximum atomic E-state index is 12.1. The van der Waals surface area contributed by atoms with Crippen molar-refractivity contribution in [2.75, 3.05) is 12.3 Å². The Labute approximate surface area is 152 Å². The van der Waals surface area contributed by atoms with E-state index >= 15 is 0 Å². The summed E-state index contributed by atoms with van der Waals surface area (Å²) in [6, 6.07) is 0.362. The van der Waals surface area contributed by atoms with Gasteiger partial charge >= 0.3 is 0 Å². The van der Waals surface area contributed by atoms with Gasteiger partial charge in [-0.2, -0.15) is 0 Å². The molecule has 0 amide bonds. The SMILES string of the molecule is CCNC(=NCc1sc(C)nc1C)NC1CCCC(S(=O)CC)C1. The van der Waals surface area contributed by atoms with Gasteiger partial charge in [-0.25, -0.2) is 9.98 Å². The zero-order valence-corrected chi connectivity index (χ0v) is 16.9. The molecule has 0 aromatic carbocycles. The van der Waals surface area contributed by atoms with Gasteiger partial charge in [0.05, 0.1) is 17.2 Å². The minimum Gasteiger partial charge on any atom is -0.357 e. The predicted octanol–water partition coefficient (Wildman–Crippen LogP) is 2.89. The van der Waals surface area contributed by atoms with Crippen molar-refractivity contribution in [3.8, 4) is 0 Å². The van der Waals surface area contributed by atoms with Crippen molar-refractivity contribution in [2.24, 2.45) is 4.99 Å². The minimum absolute atomic E-state index is 0.329. The summed E-state index contributed by atoms with van der Waals surface area (Å²) in [6.45, 7) is 9.66. The van der Waals surface area contributed by atoms with Crippen molar-refractivity contribution in [1.29, 1.82) is 0 Å². The first-order chi connectivity index (χ1) is 11.5. The second-order valence-corrected chi connectivity index (χ2v) is 9.53. The van der Waals surface area contributed by atoms with Gasteiger partial charge in [0.2, 0.25) is 0 Å². The van der Waals surface area contributed by atoms with E-state index in [1.165, 1.54) is 4.88 Å². The lowest BCUT2D eigenvalue weighted by Gasteiger charge is -2.30. The molecule has 5 nitrogen and oxygen atoms in total. The molecular formula is C17H30N4OS2. The number of aromatic nitrogens is 1. The van der Waals surface area contributed by atoms with E-state index in [9.17, 15) is 4.21 Å². The van der Waals surface area contributed by atoms with Crippen molar-refractivity contribution >= 4 is 28.1 Å². The molecule has 1 heterocycles. The van der Waals surface area contributed by atoms with Crippen LogP contribution in [0.2, 0.25) is 0 Å². The maximum absolute atomic E-state index is 12.1. The van der Waals surface area contributed by atoms with Crippen molar-refractivity contribution in [3.63, 3.8) is 0 Å². The molecule has 136 valence electrons. The quantitative estimate of drug-likeness (QED) is 0.597. The third kappa shape index (κ3) is 5.55. The average Bonchev–Trinajstić information content (AvgIpc) is 2.90. The molecule has 3 unspecified atom stereocenters. The fourth-order valence-corrected chi connectivity index (χ4v) is 5.34. The van der Waals surface area contributed by atoms with E-state index in [4.69, 9.17) is 4.99 Å². The molecule has 0 spiro atoms. The number of aryl methyl sites for hydroxylation is 2. The van der Waals surface area contributed by atoms with Crippen LogP contribution in [0.3, 0.4) is 0 Å². The van der Waals surface area contributed by atoms with E-state index in [0.29, 0.717) is 17.8 Å². The van der Waals surface area contributed by atoms with Crippen molar-refractivity contribution in [1.82, 2.24) is 15.6 Å². The van der Waals surface area contributed by atoms with E-state index in [0.717, 1.165) is 54.6 Å². The van der Waals surface area contributed by atoms with Crippen LogP contribution in [-0.4, -0.2) is 38.7 Å². The van der Waals surface area contributed by atoms with Gasteiger partial charge in [0.1, 0.15) is 0 Å². The lowest BCUT2D eigenvalue weighted by Crippen LogP contribution is -2.46. The first-order valence-electron chi connectivity index (χ1n) is 8.88. The highest BCUT2D eigenvalue weighted by Gasteiger charge is 2.26. The van der Waals surface area contributed by atoms with Gasteiger partial charge in [-0.05, 0) is 40.0 Å². The monoisotopic (exact) mass is 370 g/mol. The van der Waals surface area contributed by atoms with Crippen LogP contribution >= 0.6 is 11.3 Å². The number of hydrogen-bond donors (Lipinski definition) is 2. The molecule has 1 aromatic heterocycles. The molecule has 2 N–H and O–H groups in total. The second-order valence-electron chi connectivity index (χ2n) is 6.24. The Morgan fingerprint density at radius 1 is 1.38 bits per heavy atom. The highest BCUT2D eigenvalue weighted by atomic mass is 32.2. The molecular weight excluding hydrogens is 340 g/mol. The molecule has 0 radical (unpaired) electrons. The molecule has 0 saturated heterocycles. The van der Waals surface area contributed by atoms with E-state index in [-0.39, 0.29) is 0 Å². The fourth-order valence-electron chi connectivity index (χ4n) is 3.13. The smallest absolute Gasteiger partial charge is 0.191 e. The summed E-state index contributed by atoms with van der Waals surface area (Å²) >= 11 is 1.71. The summed E-state index contributed by atoms with van der Waals surface area (Å²) in [7, 11) is -0.693. The standard InChI is InChI=1S/C17H30N4OS2/c1-5-18-17(19-11-16-12(3)20-13(4)23-16)21-14-8-7-9-15(10-14)24(22)6-2/h14-15H,5-11H2,1-4H3,(H2,18,19,21). The summed E-state index contributed by atoms with van der Waals surface area (Å²) in [5.41, 5.74) is 1.08. The van der Waals surface area contributed by atoms with Crippen molar-refractivity contribution in [3.05, 3.63) is 15.6 Å². The third-order valence-corrected chi connectivity index (χ3v) is 7.15. The van der Waals surface area contributed by atoms with E-state index < -0.39 is 10.8 Å². The number of nitrogens with zero attached hydrogens (tertiary/aromatic N) is 2. The van der Waals surface area contributed by atoms with Crippen LogP contribution in [0, 0.1) is 13.8 Å². The number of guanidine groups is 1. The van der Waals surface area contributed by atoms with Gasteiger partial charge in [-0.15, -0.1) is 11.3 Å². The molecule has 2 rings (SSSR count). The zero-order chi connectivity index (χ0) is 17.5. The third-order valence-electron chi connectivity index (χ3n) is 4.35. The van der Waals surface area contributed by atoms with Gasteiger partial charge in [-0.1, -0.05) is 13.3 Å². The molecule has 0 bridgehead atoms. The second kappa shape index (κ2) is 9.51. The highest BCUT2D eigenvalue weighted by Crippen LogP contribution is 2.23. The van der Waals surface area contributed by atoms with Crippen LogP contribution in [0.1, 0.15) is 55.1 Å². The Kier molecular flexibility index (Phi) is 7.68. The highest BCUT2D eigenvalue weighted by molar-refractivity contribution is 7.85. The number of aliphatic imine (C=N–C) groups is 1. The average molecular weight is 371 g/mol. The zero-order valence-electron chi connectivity index (χ0n) is 15.2. The number of hydrogen-bond acceptors (Lipinski definition) is 4. The molecule has 1 saturated carbocycles. The minimum atomic E-state index is -0.693. The van der Waals surface area contributed by atoms with Crippen molar-refractivity contribution < 1.29 is 4.21 Å². The summed E-state index contributed by atoms with van der Waals surface area (Å²) in [5.74, 6) is 1.62. The van der Waals surface area contributed by atoms with Gasteiger partial charge in [-0.3, -0.25) is 4.21 Å². The Hall–Kier alpha value is -0.950. The fraction of sp³-hybridized carbons (Fsp3) is 0.765. The van der Waals surface area contributed by atoms with E-state index in [1.807, 2.05) is 20.8 Å². The summed E-state index contributed by atoms with van der Waals surface area (Å²) in [5, 5.41) is 8.30. The Morgan fingerprint density at radius 2 is 2.17 bits per heavy atom. The van der Waals surface area contributed by atoms with Crippen LogP contribution in [-0.2, 0) is 17.3 Å².